The number of likely N-dealkylation sites (N-methyl/N-ethyl adjacent to an activating group) is 1. The van der Waals surface area contributed by atoms with Gasteiger partial charge in [-0.2, -0.15) is 0 Å². The van der Waals surface area contributed by atoms with Gasteiger partial charge in [0, 0.05) is 31.1 Å². The fourth-order valence-electron chi connectivity index (χ4n) is 2.57. The Kier molecular flexibility index (Phi) is 2.09. The standard InChI is InChI=1S/C12H19N3/c1-13-12(5-6-12)8-10-9-15-7-3-2-4-11(15)14-10/h9,13H,2-8H2,1H3. The maximum atomic E-state index is 4.75. The van der Waals surface area contributed by atoms with Crippen LogP contribution in [0.4, 0.5) is 0 Å². The summed E-state index contributed by atoms with van der Waals surface area (Å²) in [5, 5.41) is 3.43. The molecule has 3 nitrogen and oxygen atoms in total. The van der Waals surface area contributed by atoms with Crippen molar-refractivity contribution in [3.8, 4) is 0 Å². The average Bonchev–Trinajstić information content (AvgIpc) is 2.91. The zero-order valence-corrected chi connectivity index (χ0v) is 9.42. The lowest BCUT2D eigenvalue weighted by molar-refractivity contribution is 0.522. The number of nitrogens with zero attached hydrogens (tertiary/aromatic N) is 2. The summed E-state index contributed by atoms with van der Waals surface area (Å²) in [5.74, 6) is 1.31. The molecule has 82 valence electrons. The van der Waals surface area contributed by atoms with E-state index in [1.807, 2.05) is 0 Å². The van der Waals surface area contributed by atoms with Crippen LogP contribution in [0.5, 0.6) is 0 Å². The second-order valence-corrected chi connectivity index (χ2v) is 5.01. The molecule has 0 atom stereocenters. The maximum Gasteiger partial charge on any atom is 0.108 e. The van der Waals surface area contributed by atoms with Crippen LogP contribution < -0.4 is 5.32 Å². The van der Waals surface area contributed by atoms with Crippen LogP contribution in [0.3, 0.4) is 0 Å². The zero-order chi connectivity index (χ0) is 10.3. The summed E-state index contributed by atoms with van der Waals surface area (Å²) in [7, 11) is 2.07. The SMILES string of the molecule is CNC1(Cc2cn3c(n2)CCCC3)CC1. The van der Waals surface area contributed by atoms with Crippen LogP contribution in [0.15, 0.2) is 6.20 Å². The van der Waals surface area contributed by atoms with Crippen molar-refractivity contribution in [1.82, 2.24) is 14.9 Å². The molecule has 0 saturated heterocycles. The minimum absolute atomic E-state index is 0.393. The van der Waals surface area contributed by atoms with E-state index in [0.29, 0.717) is 5.54 Å². The molecule has 1 aromatic rings. The number of nitrogens with one attached hydrogen (secondary N) is 1. The van der Waals surface area contributed by atoms with Crippen LogP contribution >= 0.6 is 0 Å². The molecule has 1 fully saturated rings. The van der Waals surface area contributed by atoms with E-state index in [2.05, 4.69) is 23.1 Å². The summed E-state index contributed by atoms with van der Waals surface area (Å²) in [4.78, 5) is 4.75. The monoisotopic (exact) mass is 205 g/mol. The highest BCUT2D eigenvalue weighted by Gasteiger charge is 2.41. The molecule has 2 aliphatic rings. The van der Waals surface area contributed by atoms with Gasteiger partial charge in [-0.1, -0.05) is 0 Å². The van der Waals surface area contributed by atoms with E-state index in [4.69, 9.17) is 4.98 Å². The predicted molar refractivity (Wildman–Crippen MR) is 59.9 cm³/mol. The minimum Gasteiger partial charge on any atom is -0.335 e. The van der Waals surface area contributed by atoms with Crippen molar-refractivity contribution in [2.75, 3.05) is 7.05 Å². The maximum absolute atomic E-state index is 4.75. The lowest BCUT2D eigenvalue weighted by atomic mass is 10.1. The number of hydrogen-bond donors (Lipinski definition) is 1. The quantitative estimate of drug-likeness (QED) is 0.810. The van der Waals surface area contributed by atoms with Gasteiger partial charge >= 0.3 is 0 Å². The number of aryl methyl sites for hydroxylation is 2. The molecule has 15 heavy (non-hydrogen) atoms. The molecule has 0 spiro atoms. The van der Waals surface area contributed by atoms with Gasteiger partial charge in [-0.15, -0.1) is 0 Å². The van der Waals surface area contributed by atoms with Crippen molar-refractivity contribution in [3.05, 3.63) is 17.7 Å². The largest absolute Gasteiger partial charge is 0.335 e. The van der Waals surface area contributed by atoms with Crippen molar-refractivity contribution in [1.29, 1.82) is 0 Å². The Bertz CT molecular complexity index is 339. The molecular formula is C12H19N3. The topological polar surface area (TPSA) is 29.9 Å². The van der Waals surface area contributed by atoms with E-state index in [0.717, 1.165) is 6.42 Å². The summed E-state index contributed by atoms with van der Waals surface area (Å²) < 4.78 is 2.35. The van der Waals surface area contributed by atoms with Crippen molar-refractivity contribution in [2.24, 2.45) is 0 Å². The number of aromatic nitrogens is 2. The highest BCUT2D eigenvalue weighted by atomic mass is 15.1. The molecule has 1 aliphatic heterocycles. The van der Waals surface area contributed by atoms with Gasteiger partial charge in [0.25, 0.3) is 0 Å². The van der Waals surface area contributed by atoms with Crippen molar-refractivity contribution >= 4 is 0 Å². The van der Waals surface area contributed by atoms with E-state index in [-0.39, 0.29) is 0 Å². The van der Waals surface area contributed by atoms with E-state index < -0.39 is 0 Å². The lowest BCUT2D eigenvalue weighted by Gasteiger charge is -2.12. The molecule has 0 aromatic carbocycles. The summed E-state index contributed by atoms with van der Waals surface area (Å²) >= 11 is 0. The van der Waals surface area contributed by atoms with Crippen LogP contribution in [-0.2, 0) is 19.4 Å². The second-order valence-electron chi connectivity index (χ2n) is 5.01. The molecule has 0 bridgehead atoms. The Morgan fingerprint density at radius 1 is 1.47 bits per heavy atom. The van der Waals surface area contributed by atoms with Gasteiger partial charge in [-0.05, 0) is 32.7 Å². The van der Waals surface area contributed by atoms with E-state index in [9.17, 15) is 0 Å². The first-order valence-corrected chi connectivity index (χ1v) is 6.05. The van der Waals surface area contributed by atoms with Crippen LogP contribution in [0, 0.1) is 0 Å². The van der Waals surface area contributed by atoms with E-state index in [1.54, 1.807) is 0 Å². The normalized spacial score (nSPS) is 22.5. The molecule has 1 N–H and O–H groups in total. The smallest absolute Gasteiger partial charge is 0.108 e. The fraction of sp³-hybridized carbons (Fsp3) is 0.750. The Morgan fingerprint density at radius 3 is 3.00 bits per heavy atom. The third-order valence-electron chi connectivity index (χ3n) is 3.86. The van der Waals surface area contributed by atoms with Gasteiger partial charge in [-0.25, -0.2) is 4.98 Å². The second kappa shape index (κ2) is 3.34. The van der Waals surface area contributed by atoms with Crippen LogP contribution in [-0.4, -0.2) is 22.1 Å². The van der Waals surface area contributed by atoms with Gasteiger partial charge in [0.2, 0.25) is 0 Å². The molecule has 3 rings (SSSR count). The van der Waals surface area contributed by atoms with Gasteiger partial charge in [0.1, 0.15) is 5.82 Å². The summed E-state index contributed by atoms with van der Waals surface area (Å²) in [6.07, 6.45) is 9.81. The number of imidazole rings is 1. The van der Waals surface area contributed by atoms with Crippen molar-refractivity contribution in [2.45, 2.75) is 50.6 Å². The van der Waals surface area contributed by atoms with Gasteiger partial charge in [-0.3, -0.25) is 0 Å². The molecule has 3 heteroatoms. The Morgan fingerprint density at radius 2 is 2.33 bits per heavy atom. The first-order chi connectivity index (χ1) is 7.31. The molecule has 1 aromatic heterocycles. The molecular weight excluding hydrogens is 186 g/mol. The van der Waals surface area contributed by atoms with Crippen molar-refractivity contribution in [3.63, 3.8) is 0 Å². The number of fused-ring (bicyclic) bond motifs is 1. The third-order valence-corrected chi connectivity index (χ3v) is 3.86. The third kappa shape index (κ3) is 1.69. The first-order valence-electron chi connectivity index (χ1n) is 6.05. The van der Waals surface area contributed by atoms with Crippen LogP contribution in [0.25, 0.3) is 0 Å². The van der Waals surface area contributed by atoms with Gasteiger partial charge in [0.15, 0.2) is 0 Å². The molecule has 0 radical (unpaired) electrons. The number of rotatable bonds is 3. The molecule has 2 heterocycles. The molecule has 0 amide bonds. The van der Waals surface area contributed by atoms with Crippen molar-refractivity contribution < 1.29 is 0 Å². The molecule has 0 unspecified atom stereocenters. The Hall–Kier alpha value is -0.830. The average molecular weight is 205 g/mol. The highest BCUT2D eigenvalue weighted by molar-refractivity contribution is 5.15. The Labute approximate surface area is 90.9 Å². The van der Waals surface area contributed by atoms with E-state index in [1.165, 1.54) is 50.2 Å². The van der Waals surface area contributed by atoms with Crippen LogP contribution in [0.1, 0.15) is 37.2 Å². The number of hydrogen-bond acceptors (Lipinski definition) is 2. The summed E-state index contributed by atoms with van der Waals surface area (Å²) in [6.45, 7) is 1.18. The first kappa shape index (κ1) is 9.40. The summed E-state index contributed by atoms with van der Waals surface area (Å²) in [6, 6.07) is 0. The zero-order valence-electron chi connectivity index (χ0n) is 9.42. The molecule has 1 saturated carbocycles. The predicted octanol–water partition coefficient (Wildman–Crippen LogP) is 1.51. The van der Waals surface area contributed by atoms with Gasteiger partial charge in [0.05, 0.1) is 5.69 Å². The van der Waals surface area contributed by atoms with Gasteiger partial charge < -0.3 is 9.88 Å². The van der Waals surface area contributed by atoms with Crippen LogP contribution in [0.2, 0.25) is 0 Å². The Balaban J connectivity index is 1.78. The summed E-state index contributed by atoms with van der Waals surface area (Å²) in [5.41, 5.74) is 1.68. The fourth-order valence-corrected chi connectivity index (χ4v) is 2.57. The van der Waals surface area contributed by atoms with E-state index >= 15 is 0 Å². The lowest BCUT2D eigenvalue weighted by Crippen LogP contribution is -2.29. The molecule has 1 aliphatic carbocycles. The highest BCUT2D eigenvalue weighted by Crippen LogP contribution is 2.38. The minimum atomic E-state index is 0.393.